The lowest BCUT2D eigenvalue weighted by Gasteiger charge is -2.17. The minimum absolute atomic E-state index is 0.421. The summed E-state index contributed by atoms with van der Waals surface area (Å²) in [4.78, 5) is 0. The molecule has 8 aromatic rings. The molecule has 0 saturated heterocycles. The van der Waals surface area contributed by atoms with Crippen LogP contribution in [0.2, 0.25) is 0 Å². The molecule has 3 nitrogen and oxygen atoms in total. The van der Waals surface area contributed by atoms with Gasteiger partial charge in [0.25, 0.3) is 0 Å². The third-order valence-electron chi connectivity index (χ3n) is 8.23. The zero-order chi connectivity index (χ0) is 29.8. The Morgan fingerprint density at radius 2 is 0.909 bits per heavy atom. The molecule has 0 bridgehead atoms. The highest BCUT2D eigenvalue weighted by Crippen LogP contribution is 2.47. The van der Waals surface area contributed by atoms with Crippen LogP contribution in [-0.4, -0.2) is 0 Å². The normalized spacial score (nSPS) is 11.1. The first-order chi connectivity index (χ1) is 21.7. The summed E-state index contributed by atoms with van der Waals surface area (Å²) in [7, 11) is 0. The van der Waals surface area contributed by atoms with Crippen molar-refractivity contribution in [3.8, 4) is 51.6 Å². The second-order valence-corrected chi connectivity index (χ2v) is 12.7. The monoisotopic (exact) mass is 593 g/mol. The highest BCUT2D eigenvalue weighted by atomic mass is 32.1. The van der Waals surface area contributed by atoms with Crippen LogP contribution in [0.4, 0.5) is 0 Å². The van der Waals surface area contributed by atoms with E-state index in [0.29, 0.717) is 16.7 Å². The third-order valence-corrected chi connectivity index (χ3v) is 10.7. The van der Waals surface area contributed by atoms with Gasteiger partial charge in [-0.3, -0.25) is 0 Å². The summed E-state index contributed by atoms with van der Waals surface area (Å²) in [5, 5.41) is 35.1. The van der Waals surface area contributed by atoms with Crippen molar-refractivity contribution in [2.24, 2.45) is 0 Å². The molecule has 0 aliphatic rings. The zero-order valence-corrected chi connectivity index (χ0v) is 24.8. The van der Waals surface area contributed by atoms with E-state index in [2.05, 4.69) is 97.1 Å². The molecule has 0 unspecified atom stereocenters. The fourth-order valence-electron chi connectivity index (χ4n) is 6.22. The van der Waals surface area contributed by atoms with Gasteiger partial charge >= 0.3 is 0 Å². The van der Waals surface area contributed by atoms with E-state index in [0.717, 1.165) is 53.6 Å². The van der Waals surface area contributed by atoms with Crippen molar-refractivity contribution >= 4 is 63.0 Å². The fraction of sp³-hybridized carbons (Fsp3) is 0. The lowest BCUT2D eigenvalue weighted by molar-refractivity contribution is 1.44. The topological polar surface area (TPSA) is 71.4 Å². The van der Waals surface area contributed by atoms with Crippen molar-refractivity contribution in [3.05, 3.63) is 132 Å². The van der Waals surface area contributed by atoms with Crippen LogP contribution in [-0.2, 0) is 0 Å². The molecule has 8 rings (SSSR count). The second kappa shape index (κ2) is 10.2. The quantitative estimate of drug-likeness (QED) is 0.205. The summed E-state index contributed by atoms with van der Waals surface area (Å²) in [6.07, 6.45) is 0. The van der Waals surface area contributed by atoms with Crippen molar-refractivity contribution in [2.45, 2.75) is 0 Å². The Morgan fingerprint density at radius 3 is 1.50 bits per heavy atom. The molecule has 0 radical (unpaired) electrons. The van der Waals surface area contributed by atoms with Gasteiger partial charge in [-0.1, -0.05) is 78.9 Å². The van der Waals surface area contributed by atoms with Gasteiger partial charge in [0.15, 0.2) is 0 Å². The Balaban J connectivity index is 1.48. The van der Waals surface area contributed by atoms with Crippen LogP contribution in [0, 0.1) is 34.0 Å². The van der Waals surface area contributed by atoms with E-state index in [1.807, 2.05) is 24.3 Å². The summed E-state index contributed by atoms with van der Waals surface area (Å²) in [5.74, 6) is 0. The van der Waals surface area contributed by atoms with Gasteiger partial charge < -0.3 is 0 Å². The van der Waals surface area contributed by atoms with Gasteiger partial charge in [0.1, 0.15) is 0 Å². The van der Waals surface area contributed by atoms with Crippen molar-refractivity contribution in [1.29, 1.82) is 15.8 Å². The second-order valence-electron chi connectivity index (χ2n) is 10.6. The number of rotatable bonds is 3. The molecule has 202 valence electrons. The molecule has 0 fully saturated rings. The molecular weight excluding hydrogens is 575 g/mol. The number of fused-ring (bicyclic) bond motifs is 6. The van der Waals surface area contributed by atoms with Crippen molar-refractivity contribution in [2.75, 3.05) is 0 Å². The van der Waals surface area contributed by atoms with E-state index in [1.165, 1.54) is 20.2 Å². The highest BCUT2D eigenvalue weighted by Gasteiger charge is 2.21. The van der Waals surface area contributed by atoms with Crippen LogP contribution >= 0.6 is 22.7 Å². The van der Waals surface area contributed by atoms with E-state index in [-0.39, 0.29) is 0 Å². The van der Waals surface area contributed by atoms with E-state index in [9.17, 15) is 15.8 Å². The van der Waals surface area contributed by atoms with Crippen LogP contribution < -0.4 is 0 Å². The van der Waals surface area contributed by atoms with E-state index in [4.69, 9.17) is 0 Å². The molecule has 0 amide bonds. The smallest absolute Gasteiger partial charge is 0.0998 e. The van der Waals surface area contributed by atoms with Crippen molar-refractivity contribution in [1.82, 2.24) is 0 Å². The summed E-state index contributed by atoms with van der Waals surface area (Å²) in [6, 6.07) is 45.6. The summed E-state index contributed by atoms with van der Waals surface area (Å²) < 4.78 is 4.64. The Morgan fingerprint density at radius 1 is 0.386 bits per heavy atom. The number of thiophene rings is 2. The van der Waals surface area contributed by atoms with Gasteiger partial charge in [0, 0.05) is 62.6 Å². The molecular formula is C39H19N3S2. The van der Waals surface area contributed by atoms with Gasteiger partial charge in [-0.25, -0.2) is 0 Å². The van der Waals surface area contributed by atoms with Gasteiger partial charge in [-0.2, -0.15) is 15.8 Å². The Kier molecular flexibility index (Phi) is 6.00. The maximum Gasteiger partial charge on any atom is 0.0998 e. The standard InChI is InChI=1S/C39H19N3S2/c40-20-23-15-16-26(24(17-23)21-41)35-19-33(31-11-5-9-29-27-7-1-3-13-36(27)43-38(29)31)25(22-42)18-34(35)32-12-6-10-30-28-8-2-4-14-37(28)44-39(30)32/h1-19H. The van der Waals surface area contributed by atoms with Gasteiger partial charge in [0.05, 0.1) is 34.9 Å². The minimum Gasteiger partial charge on any atom is -0.192 e. The fourth-order valence-corrected chi connectivity index (χ4v) is 8.68. The van der Waals surface area contributed by atoms with E-state index >= 15 is 0 Å². The Hall–Kier alpha value is -5.77. The Bertz CT molecular complexity index is 2600. The molecule has 2 heterocycles. The average molecular weight is 594 g/mol. The van der Waals surface area contributed by atoms with E-state index in [1.54, 1.807) is 34.8 Å². The largest absolute Gasteiger partial charge is 0.192 e. The molecule has 0 spiro atoms. The van der Waals surface area contributed by atoms with Crippen LogP contribution in [0.3, 0.4) is 0 Å². The molecule has 6 aromatic carbocycles. The van der Waals surface area contributed by atoms with Crippen molar-refractivity contribution in [3.63, 3.8) is 0 Å². The maximum atomic E-state index is 10.6. The van der Waals surface area contributed by atoms with Crippen LogP contribution in [0.1, 0.15) is 16.7 Å². The predicted molar refractivity (Wildman–Crippen MR) is 183 cm³/mol. The third kappa shape index (κ3) is 3.91. The zero-order valence-electron chi connectivity index (χ0n) is 23.1. The summed E-state index contributed by atoms with van der Waals surface area (Å²) in [6.45, 7) is 0. The average Bonchev–Trinajstić information content (AvgIpc) is 3.66. The first-order valence-electron chi connectivity index (χ1n) is 14.0. The van der Waals surface area contributed by atoms with Gasteiger partial charge in [-0.05, 0) is 47.5 Å². The van der Waals surface area contributed by atoms with E-state index < -0.39 is 0 Å². The van der Waals surface area contributed by atoms with Crippen LogP contribution in [0.5, 0.6) is 0 Å². The van der Waals surface area contributed by atoms with Crippen LogP contribution in [0.25, 0.3) is 73.7 Å². The summed E-state index contributed by atoms with van der Waals surface area (Å²) in [5.41, 5.74) is 6.70. The first-order valence-corrected chi connectivity index (χ1v) is 15.7. The molecule has 44 heavy (non-hydrogen) atoms. The lowest BCUT2D eigenvalue weighted by atomic mass is 9.86. The Labute approximate surface area is 261 Å². The van der Waals surface area contributed by atoms with Crippen LogP contribution in [0.15, 0.2) is 115 Å². The number of hydrogen-bond acceptors (Lipinski definition) is 5. The number of hydrogen-bond donors (Lipinski definition) is 0. The highest BCUT2D eigenvalue weighted by molar-refractivity contribution is 7.26. The number of benzene rings is 6. The molecule has 0 N–H and O–H groups in total. The van der Waals surface area contributed by atoms with Gasteiger partial charge in [-0.15, -0.1) is 22.7 Å². The number of nitrogens with zero attached hydrogens (tertiary/aromatic N) is 3. The molecule has 5 heteroatoms. The molecule has 0 saturated carbocycles. The predicted octanol–water partition coefficient (Wildman–Crippen LogP) is 11.0. The summed E-state index contributed by atoms with van der Waals surface area (Å²) >= 11 is 3.46. The lowest BCUT2D eigenvalue weighted by Crippen LogP contribution is -1.95. The minimum atomic E-state index is 0.421. The molecule has 0 aliphatic carbocycles. The van der Waals surface area contributed by atoms with Crippen molar-refractivity contribution < 1.29 is 0 Å². The molecule has 0 aliphatic heterocycles. The SMILES string of the molecule is N#Cc1ccc(-c2cc(-c3cccc4c3sc3ccccc34)c(C#N)cc2-c2cccc3c2sc2ccccc23)c(C#N)c1. The first kappa shape index (κ1) is 25.9. The molecule has 2 aromatic heterocycles. The molecule has 0 atom stereocenters. The number of nitriles is 3. The maximum absolute atomic E-state index is 10.6. The van der Waals surface area contributed by atoms with Gasteiger partial charge in [0.2, 0.25) is 0 Å².